The molecule has 5 atom stereocenters. The summed E-state index contributed by atoms with van der Waals surface area (Å²) in [4.78, 5) is 85.1. The van der Waals surface area contributed by atoms with Crippen LogP contribution in [-0.2, 0) is 46.5 Å². The second-order valence-corrected chi connectivity index (χ2v) is 19.2. The van der Waals surface area contributed by atoms with Crippen molar-refractivity contribution in [3.05, 3.63) is 90.0 Å². The predicted octanol–water partition coefficient (Wildman–Crippen LogP) is 6.45. The number of nitrogens with zero attached hydrogens (tertiary/aromatic N) is 3. The maximum absolute atomic E-state index is 13.9. The van der Waals surface area contributed by atoms with E-state index in [1.165, 1.54) is 7.11 Å². The monoisotopic (exact) mass is 895 g/mol. The van der Waals surface area contributed by atoms with Crippen molar-refractivity contribution in [2.45, 2.75) is 117 Å². The Bertz CT molecular complexity index is 2130. The van der Waals surface area contributed by atoms with Crippen LogP contribution >= 0.6 is 0 Å². The minimum absolute atomic E-state index is 0.287. The fourth-order valence-corrected chi connectivity index (χ4v) is 8.48. The van der Waals surface area contributed by atoms with Gasteiger partial charge in [0.05, 0.1) is 20.3 Å². The zero-order valence-electron chi connectivity index (χ0n) is 38.7. The molecule has 0 aliphatic carbocycles. The zero-order chi connectivity index (χ0) is 46.9. The number of rotatable bonds is 14. The molecule has 3 aromatic rings. The smallest absolute Gasteiger partial charge is 0.408 e. The van der Waals surface area contributed by atoms with E-state index in [2.05, 4.69) is 26.2 Å². The number of para-hydroxylation sites is 1. The minimum atomic E-state index is -0.894. The third-order valence-electron chi connectivity index (χ3n) is 12.1. The summed E-state index contributed by atoms with van der Waals surface area (Å²) in [6.45, 7) is 14.0. The summed E-state index contributed by atoms with van der Waals surface area (Å²) in [7, 11) is 1.25. The first-order valence-electron chi connectivity index (χ1n) is 22.5. The van der Waals surface area contributed by atoms with Crippen LogP contribution in [0.4, 0.5) is 26.7 Å². The number of nitrogens with one attached hydrogen (secondary N) is 4. The third-order valence-corrected chi connectivity index (χ3v) is 12.1. The number of hydrogen-bond donors (Lipinski definition) is 4. The van der Waals surface area contributed by atoms with Gasteiger partial charge in [0.1, 0.15) is 30.3 Å². The lowest BCUT2D eigenvalue weighted by molar-refractivity contribution is -0.140. The Morgan fingerprint density at radius 3 is 1.54 bits per heavy atom. The summed E-state index contributed by atoms with van der Waals surface area (Å²) in [5.74, 6) is -1.22. The van der Waals surface area contributed by atoms with Gasteiger partial charge in [0.15, 0.2) is 0 Å². The quantitative estimate of drug-likeness (QED) is 0.140. The molecule has 6 amide bonds. The van der Waals surface area contributed by atoms with Gasteiger partial charge in [0.25, 0.3) is 0 Å². The molecule has 0 aromatic heterocycles. The van der Waals surface area contributed by atoms with Gasteiger partial charge in [-0.25, -0.2) is 9.59 Å². The molecule has 65 heavy (non-hydrogen) atoms. The van der Waals surface area contributed by atoms with Crippen molar-refractivity contribution < 1.29 is 43.0 Å². The first-order chi connectivity index (χ1) is 30.9. The van der Waals surface area contributed by atoms with Gasteiger partial charge in [-0.2, -0.15) is 0 Å². The highest BCUT2D eigenvalue weighted by molar-refractivity contribution is 6.00. The first kappa shape index (κ1) is 48.3. The largest absolute Gasteiger partial charge is 0.453 e. The average Bonchev–Trinajstić information content (AvgIpc) is 4.08. The van der Waals surface area contributed by atoms with E-state index < -0.39 is 47.2 Å². The van der Waals surface area contributed by atoms with Crippen LogP contribution < -0.4 is 26.2 Å². The zero-order valence-corrected chi connectivity index (χ0v) is 38.7. The van der Waals surface area contributed by atoms with Crippen LogP contribution in [-0.4, -0.2) is 109 Å². The molecular formula is C49H65N7O9. The van der Waals surface area contributed by atoms with E-state index in [4.69, 9.17) is 14.2 Å². The van der Waals surface area contributed by atoms with Gasteiger partial charge in [-0.15, -0.1) is 0 Å². The molecule has 0 saturated carbocycles. The third kappa shape index (κ3) is 12.8. The fourth-order valence-electron chi connectivity index (χ4n) is 8.48. The van der Waals surface area contributed by atoms with Gasteiger partial charge in [0, 0.05) is 49.7 Å². The Labute approximate surface area is 382 Å². The lowest BCUT2D eigenvalue weighted by Crippen LogP contribution is -2.57. The van der Waals surface area contributed by atoms with Gasteiger partial charge >= 0.3 is 12.2 Å². The Morgan fingerprint density at radius 2 is 1.12 bits per heavy atom. The van der Waals surface area contributed by atoms with Gasteiger partial charge in [-0.05, 0) is 84.0 Å². The highest BCUT2D eigenvalue weighted by Gasteiger charge is 2.44. The summed E-state index contributed by atoms with van der Waals surface area (Å²) >= 11 is 0. The Balaban J connectivity index is 1.06. The number of anilines is 3. The van der Waals surface area contributed by atoms with Crippen molar-refractivity contribution in [2.24, 2.45) is 10.8 Å². The molecule has 0 bridgehead atoms. The van der Waals surface area contributed by atoms with Gasteiger partial charge < -0.3 is 50.2 Å². The number of carbonyl (C=O) groups excluding carboxylic acids is 6. The van der Waals surface area contributed by atoms with E-state index >= 15 is 0 Å². The molecule has 3 heterocycles. The maximum atomic E-state index is 13.9. The number of alkyl carbamates (subject to hydrolysis) is 2. The summed E-state index contributed by atoms with van der Waals surface area (Å²) in [6.07, 6.45) is 1.22. The minimum Gasteiger partial charge on any atom is -0.453 e. The molecule has 3 fully saturated rings. The molecule has 3 aliphatic rings. The number of hydrogen-bond acceptors (Lipinski definition) is 10. The van der Waals surface area contributed by atoms with Crippen molar-refractivity contribution in [1.29, 1.82) is 0 Å². The summed E-state index contributed by atoms with van der Waals surface area (Å²) in [5.41, 5.74) is 3.00. The Kier molecular flexibility index (Phi) is 15.8. The number of amides is 6. The number of ether oxygens (including phenoxy) is 3. The van der Waals surface area contributed by atoms with Crippen molar-refractivity contribution >= 4 is 52.9 Å². The van der Waals surface area contributed by atoms with Crippen molar-refractivity contribution in [2.75, 3.05) is 48.9 Å². The van der Waals surface area contributed by atoms with Crippen LogP contribution in [0, 0.1) is 10.8 Å². The standard InChI is InChI=1S/C49H65N7O9/c1-48(2,3)40(52-46(61)63-7)44(59)55-26-11-15-38(55)42(57)50-34-21-17-32(18-22-34)29-54(36-13-9-8-10-14-36)30-33-19-23-35(24-20-33)51-43(58)39-16-12-27-56(39)45(60)41(49(4,5)6)53-47(62)65-37-25-28-64-31-37/h8-10,13-14,17-24,37-41H,11-12,15-16,25-31H2,1-7H3,(H,50,57)(H,51,58)(H,52,61)(H,53,62). The highest BCUT2D eigenvalue weighted by Crippen LogP contribution is 2.29. The molecule has 3 saturated heterocycles. The molecule has 3 aliphatic heterocycles. The van der Waals surface area contributed by atoms with Crippen LogP contribution in [0.25, 0.3) is 0 Å². The molecule has 16 nitrogen and oxygen atoms in total. The highest BCUT2D eigenvalue weighted by atomic mass is 16.6. The second kappa shape index (κ2) is 21.2. The molecular weight excluding hydrogens is 831 g/mol. The lowest BCUT2D eigenvalue weighted by atomic mass is 9.85. The van der Waals surface area contributed by atoms with E-state index in [0.717, 1.165) is 16.8 Å². The van der Waals surface area contributed by atoms with Crippen LogP contribution in [0.5, 0.6) is 0 Å². The van der Waals surface area contributed by atoms with Crippen LogP contribution in [0.1, 0.15) is 84.8 Å². The van der Waals surface area contributed by atoms with E-state index in [1.807, 2.05) is 120 Å². The summed E-state index contributed by atoms with van der Waals surface area (Å²) in [6, 6.07) is 22.2. The first-order valence-corrected chi connectivity index (χ1v) is 22.5. The molecule has 4 N–H and O–H groups in total. The Hall–Kier alpha value is -6.16. The van der Waals surface area contributed by atoms with Crippen LogP contribution in [0.2, 0.25) is 0 Å². The molecule has 350 valence electrons. The molecule has 0 radical (unpaired) electrons. The maximum Gasteiger partial charge on any atom is 0.408 e. The van der Waals surface area contributed by atoms with E-state index in [9.17, 15) is 28.8 Å². The fraction of sp³-hybridized carbons (Fsp3) is 0.510. The van der Waals surface area contributed by atoms with Gasteiger partial charge in [-0.1, -0.05) is 84.0 Å². The van der Waals surface area contributed by atoms with Crippen LogP contribution in [0.15, 0.2) is 78.9 Å². The second-order valence-electron chi connectivity index (χ2n) is 19.2. The summed E-state index contributed by atoms with van der Waals surface area (Å²) in [5, 5.41) is 11.4. The van der Waals surface area contributed by atoms with Gasteiger partial charge in [0.2, 0.25) is 23.6 Å². The van der Waals surface area contributed by atoms with Crippen molar-refractivity contribution in [1.82, 2.24) is 20.4 Å². The number of methoxy groups -OCH3 is 1. The molecule has 6 rings (SSSR count). The van der Waals surface area contributed by atoms with E-state index in [0.29, 0.717) is 82.9 Å². The van der Waals surface area contributed by atoms with E-state index in [-0.39, 0.29) is 29.7 Å². The van der Waals surface area contributed by atoms with Crippen molar-refractivity contribution in [3.63, 3.8) is 0 Å². The van der Waals surface area contributed by atoms with Crippen molar-refractivity contribution in [3.8, 4) is 0 Å². The van der Waals surface area contributed by atoms with Gasteiger partial charge in [-0.3, -0.25) is 19.2 Å². The number of carbonyl (C=O) groups is 6. The average molecular weight is 896 g/mol. The molecule has 3 aromatic carbocycles. The Morgan fingerprint density at radius 1 is 0.662 bits per heavy atom. The molecule has 5 unspecified atom stereocenters. The number of benzene rings is 3. The SMILES string of the molecule is COC(=O)NC(C(=O)N1CCCC1C(=O)Nc1ccc(CN(Cc2ccc(NC(=O)C3CCCN3C(=O)C(NC(=O)OC3CCOC3)C(C)(C)C)cc2)c2ccccc2)cc1)C(C)(C)C. The van der Waals surface area contributed by atoms with E-state index in [1.54, 1.807) is 9.80 Å². The normalized spacial score (nSPS) is 19.5. The molecule has 16 heteroatoms. The lowest BCUT2D eigenvalue weighted by Gasteiger charge is -2.35. The van der Waals surface area contributed by atoms with Crippen LogP contribution in [0.3, 0.4) is 0 Å². The molecule has 0 spiro atoms. The topological polar surface area (TPSA) is 188 Å². The number of likely N-dealkylation sites (tertiary alicyclic amines) is 2. The summed E-state index contributed by atoms with van der Waals surface area (Å²) < 4.78 is 15.6. The predicted molar refractivity (Wildman–Crippen MR) is 247 cm³/mol.